The van der Waals surface area contributed by atoms with Crippen molar-refractivity contribution in [2.45, 2.75) is 53.4 Å². The molecule has 0 aromatic carbocycles. The van der Waals surface area contributed by atoms with E-state index >= 15 is 0 Å². The highest BCUT2D eigenvalue weighted by atomic mass is 14.1. The Balaban J connectivity index is 3.45. The van der Waals surface area contributed by atoms with Gasteiger partial charge in [-0.3, -0.25) is 0 Å². The van der Waals surface area contributed by atoms with Gasteiger partial charge < -0.3 is 0 Å². The van der Waals surface area contributed by atoms with Crippen LogP contribution in [-0.2, 0) is 0 Å². The van der Waals surface area contributed by atoms with Gasteiger partial charge >= 0.3 is 0 Å². The zero-order chi connectivity index (χ0) is 9.56. The van der Waals surface area contributed by atoms with E-state index in [1.54, 1.807) is 0 Å². The van der Waals surface area contributed by atoms with Gasteiger partial charge in [0.1, 0.15) is 0 Å². The molecule has 12 heavy (non-hydrogen) atoms. The van der Waals surface area contributed by atoms with E-state index in [0.717, 1.165) is 18.3 Å². The lowest BCUT2D eigenvalue weighted by Crippen LogP contribution is -1.98. The largest absolute Gasteiger partial charge is 0.0999 e. The van der Waals surface area contributed by atoms with Crippen molar-refractivity contribution < 1.29 is 0 Å². The van der Waals surface area contributed by atoms with Crippen LogP contribution in [0.4, 0.5) is 0 Å². The fourth-order valence-electron chi connectivity index (χ4n) is 1.36. The summed E-state index contributed by atoms with van der Waals surface area (Å²) in [5.41, 5.74) is 1.41. The van der Waals surface area contributed by atoms with E-state index in [4.69, 9.17) is 0 Å². The lowest BCUT2D eigenvalue weighted by molar-refractivity contribution is 0.445. The average Bonchev–Trinajstić information content (AvgIpc) is 2.00. The van der Waals surface area contributed by atoms with Crippen molar-refractivity contribution in [1.29, 1.82) is 0 Å². The molecule has 0 spiro atoms. The maximum absolute atomic E-state index is 4.04. The zero-order valence-electron chi connectivity index (χ0n) is 9.19. The molecule has 0 heterocycles. The van der Waals surface area contributed by atoms with Crippen molar-refractivity contribution in [1.82, 2.24) is 0 Å². The van der Waals surface area contributed by atoms with E-state index in [9.17, 15) is 0 Å². The van der Waals surface area contributed by atoms with Gasteiger partial charge in [-0.25, -0.2) is 0 Å². The van der Waals surface area contributed by atoms with Crippen LogP contribution in [0.5, 0.6) is 0 Å². The first-order valence-corrected chi connectivity index (χ1v) is 5.22. The normalized spacial score (nSPS) is 13.4. The molecule has 0 aliphatic heterocycles. The predicted molar refractivity (Wildman–Crippen MR) is 57.3 cm³/mol. The Bertz CT molecular complexity index is 122. The van der Waals surface area contributed by atoms with Crippen LogP contribution in [0, 0.1) is 11.8 Å². The average molecular weight is 168 g/mol. The summed E-state index contributed by atoms with van der Waals surface area (Å²) in [5.74, 6) is 1.68. The molecule has 0 aliphatic rings. The summed E-state index contributed by atoms with van der Waals surface area (Å²) < 4.78 is 0. The Kier molecular flexibility index (Phi) is 6.14. The maximum Gasteiger partial charge on any atom is -0.0297 e. The fourth-order valence-corrected chi connectivity index (χ4v) is 1.36. The van der Waals surface area contributed by atoms with Gasteiger partial charge in [0, 0.05) is 0 Å². The van der Waals surface area contributed by atoms with Crippen molar-refractivity contribution in [3.8, 4) is 0 Å². The number of hydrogen-bond acceptors (Lipinski definition) is 0. The van der Waals surface area contributed by atoms with Gasteiger partial charge in [0.15, 0.2) is 0 Å². The first-order valence-electron chi connectivity index (χ1n) is 5.22. The first-order chi connectivity index (χ1) is 5.56. The van der Waals surface area contributed by atoms with Gasteiger partial charge in [0.05, 0.1) is 0 Å². The molecule has 0 amide bonds. The number of allylic oxidation sites excluding steroid dienone is 1. The predicted octanol–water partition coefficient (Wildman–Crippen LogP) is 4.42. The van der Waals surface area contributed by atoms with Gasteiger partial charge in [-0.15, -0.1) is 0 Å². The highest BCUT2D eigenvalue weighted by molar-refractivity contribution is 4.93. The molecule has 0 saturated carbocycles. The molecule has 0 aromatic heterocycles. The Morgan fingerprint density at radius 2 is 1.75 bits per heavy atom. The molecule has 0 N–H and O–H groups in total. The Morgan fingerprint density at radius 3 is 2.17 bits per heavy atom. The van der Waals surface area contributed by atoms with Crippen LogP contribution in [0.2, 0.25) is 0 Å². The molecule has 0 fully saturated rings. The molecule has 1 unspecified atom stereocenters. The van der Waals surface area contributed by atoms with Crippen LogP contribution in [0.25, 0.3) is 0 Å². The van der Waals surface area contributed by atoms with Crippen molar-refractivity contribution >= 4 is 0 Å². The molecule has 0 heteroatoms. The molecule has 72 valence electrons. The van der Waals surface area contributed by atoms with E-state index in [1.165, 1.54) is 24.8 Å². The van der Waals surface area contributed by atoms with Crippen molar-refractivity contribution in [3.05, 3.63) is 12.2 Å². The quantitative estimate of drug-likeness (QED) is 0.515. The van der Waals surface area contributed by atoms with Crippen molar-refractivity contribution in [2.24, 2.45) is 11.8 Å². The number of rotatable bonds is 6. The van der Waals surface area contributed by atoms with Gasteiger partial charge in [-0.1, -0.05) is 52.7 Å². The van der Waals surface area contributed by atoms with Crippen LogP contribution < -0.4 is 0 Å². The third-order valence-corrected chi connectivity index (χ3v) is 2.37. The zero-order valence-corrected chi connectivity index (χ0v) is 9.19. The molecular formula is C12H24. The SMILES string of the molecule is C=C(CC)CC(C)CCC(C)C. The second-order valence-corrected chi connectivity index (χ2v) is 4.38. The highest BCUT2D eigenvalue weighted by Crippen LogP contribution is 2.19. The lowest BCUT2D eigenvalue weighted by atomic mass is 9.93. The van der Waals surface area contributed by atoms with E-state index in [-0.39, 0.29) is 0 Å². The van der Waals surface area contributed by atoms with E-state index < -0.39 is 0 Å². The highest BCUT2D eigenvalue weighted by Gasteiger charge is 2.04. The summed E-state index contributed by atoms with van der Waals surface area (Å²) in [6.07, 6.45) is 5.09. The minimum Gasteiger partial charge on any atom is -0.0999 e. The molecule has 0 radical (unpaired) electrons. The van der Waals surface area contributed by atoms with Crippen LogP contribution in [0.15, 0.2) is 12.2 Å². The van der Waals surface area contributed by atoms with Gasteiger partial charge in [0.25, 0.3) is 0 Å². The first kappa shape index (κ1) is 11.7. The number of hydrogen-bond donors (Lipinski definition) is 0. The molecule has 0 nitrogen and oxygen atoms in total. The van der Waals surface area contributed by atoms with E-state index in [1.807, 2.05) is 0 Å². The molecule has 0 bridgehead atoms. The van der Waals surface area contributed by atoms with Crippen LogP contribution >= 0.6 is 0 Å². The van der Waals surface area contributed by atoms with Gasteiger partial charge in [-0.2, -0.15) is 0 Å². The minimum atomic E-state index is 0.833. The standard InChI is InChI=1S/C12H24/c1-6-11(4)9-12(5)8-7-10(2)3/h10,12H,4,6-9H2,1-3,5H3. The third kappa shape index (κ3) is 6.45. The lowest BCUT2D eigenvalue weighted by Gasteiger charge is -2.13. The van der Waals surface area contributed by atoms with Crippen molar-refractivity contribution in [3.63, 3.8) is 0 Å². The maximum atomic E-state index is 4.04. The monoisotopic (exact) mass is 168 g/mol. The topological polar surface area (TPSA) is 0 Å². The smallest absolute Gasteiger partial charge is 0.0297 e. The molecule has 0 aromatic rings. The molecular weight excluding hydrogens is 144 g/mol. The fraction of sp³-hybridized carbons (Fsp3) is 0.833. The van der Waals surface area contributed by atoms with Crippen LogP contribution in [0.3, 0.4) is 0 Å². The van der Waals surface area contributed by atoms with E-state index in [0.29, 0.717) is 0 Å². The summed E-state index contributed by atoms with van der Waals surface area (Å²) >= 11 is 0. The summed E-state index contributed by atoms with van der Waals surface area (Å²) in [5, 5.41) is 0. The summed E-state index contributed by atoms with van der Waals surface area (Å²) in [4.78, 5) is 0. The second kappa shape index (κ2) is 6.28. The molecule has 1 atom stereocenters. The third-order valence-electron chi connectivity index (χ3n) is 2.37. The summed E-state index contributed by atoms with van der Waals surface area (Å²) in [6.45, 7) is 13.2. The summed E-state index contributed by atoms with van der Waals surface area (Å²) in [6, 6.07) is 0. The molecule has 0 aliphatic carbocycles. The molecule has 0 rings (SSSR count). The van der Waals surface area contributed by atoms with Crippen LogP contribution in [-0.4, -0.2) is 0 Å². The summed E-state index contributed by atoms with van der Waals surface area (Å²) in [7, 11) is 0. The van der Waals surface area contributed by atoms with Crippen LogP contribution in [0.1, 0.15) is 53.4 Å². The van der Waals surface area contributed by atoms with Gasteiger partial charge in [-0.05, 0) is 24.7 Å². The van der Waals surface area contributed by atoms with E-state index in [2.05, 4.69) is 34.3 Å². The van der Waals surface area contributed by atoms with Crippen molar-refractivity contribution in [2.75, 3.05) is 0 Å². The Labute approximate surface area is 78.1 Å². The minimum absolute atomic E-state index is 0.833. The Morgan fingerprint density at radius 1 is 1.17 bits per heavy atom. The Hall–Kier alpha value is -0.260. The van der Waals surface area contributed by atoms with Gasteiger partial charge in [0.2, 0.25) is 0 Å². The second-order valence-electron chi connectivity index (χ2n) is 4.38. The molecule has 0 saturated heterocycles.